The molecule has 0 saturated carbocycles. The summed E-state index contributed by atoms with van der Waals surface area (Å²) in [5.74, 6) is 0. The zero-order chi connectivity index (χ0) is 87.7. The van der Waals surface area contributed by atoms with Gasteiger partial charge in [-0.05, 0) is 176 Å². The first kappa shape index (κ1) is 72.5. The minimum absolute atomic E-state index is 0.962. The van der Waals surface area contributed by atoms with Crippen LogP contribution < -0.4 is 0 Å². The molecule has 15 aromatic heterocycles. The molecule has 624 valence electrons. The van der Waals surface area contributed by atoms with Gasteiger partial charge in [-0.1, -0.05) is 237 Å². The highest BCUT2D eigenvalue weighted by atomic mass is 15.1. The van der Waals surface area contributed by atoms with Crippen molar-refractivity contribution < 1.29 is 0 Å². The van der Waals surface area contributed by atoms with Crippen LogP contribution in [-0.4, -0.2) is 55.6 Å². The minimum Gasteiger partial charge on any atom is -0.309 e. The lowest BCUT2D eigenvalue weighted by molar-refractivity contribution is 1.11. The summed E-state index contributed by atoms with van der Waals surface area (Å²) in [5, 5.41) is 30.2. The van der Waals surface area contributed by atoms with Crippen LogP contribution in [0, 0.1) is 0 Å². The van der Waals surface area contributed by atoms with Crippen LogP contribution in [0.1, 0.15) is 0 Å². The van der Waals surface area contributed by atoms with Gasteiger partial charge in [-0.15, -0.1) is 0 Å². The summed E-state index contributed by atoms with van der Waals surface area (Å²) in [6, 6.07) is 150. The molecule has 135 heavy (non-hydrogen) atoms. The molecule has 33 aromatic rings. The van der Waals surface area contributed by atoms with E-state index < -0.39 is 0 Å². The Balaban J connectivity index is 0.0000000945. The molecule has 0 unspecified atom stereocenters. The van der Waals surface area contributed by atoms with Gasteiger partial charge in [0.15, 0.2) is 0 Å². The van der Waals surface area contributed by atoms with Crippen LogP contribution in [0.3, 0.4) is 0 Å². The summed E-state index contributed by atoms with van der Waals surface area (Å²) in [7, 11) is 0. The highest BCUT2D eigenvalue weighted by molar-refractivity contribution is 6.38. The van der Waals surface area contributed by atoms with Gasteiger partial charge in [0.05, 0.1) is 123 Å². The summed E-state index contributed by atoms with van der Waals surface area (Å²) in [5.41, 5.74) is 31.9. The van der Waals surface area contributed by atoms with Gasteiger partial charge >= 0.3 is 0 Å². The van der Waals surface area contributed by atoms with Gasteiger partial charge in [-0.25, -0.2) is 9.97 Å². The summed E-state index contributed by atoms with van der Waals surface area (Å²) in [6.45, 7) is 0. The van der Waals surface area contributed by atoms with Gasteiger partial charge in [-0.2, -0.15) is 0 Å². The van der Waals surface area contributed by atoms with Crippen molar-refractivity contribution in [1.82, 2.24) is 55.6 Å². The predicted octanol–water partition coefficient (Wildman–Crippen LogP) is 31.3. The van der Waals surface area contributed by atoms with Crippen LogP contribution in [0.2, 0.25) is 0 Å². The summed E-state index contributed by atoms with van der Waals surface area (Å²) < 4.78 is 21.7. The van der Waals surface area contributed by atoms with E-state index in [-0.39, 0.29) is 0 Å². The Morgan fingerprint density at radius 1 is 0.141 bits per heavy atom. The van der Waals surface area contributed by atoms with E-state index in [2.05, 4.69) is 458 Å². The highest BCUT2D eigenvalue weighted by Gasteiger charge is 2.31. The molecule has 33 rings (SSSR count). The van der Waals surface area contributed by atoms with Crippen molar-refractivity contribution in [3.8, 4) is 34.1 Å². The van der Waals surface area contributed by atoms with E-state index in [9.17, 15) is 0 Å². The Hall–Kier alpha value is -18.4. The lowest BCUT2D eigenvalue weighted by Gasteiger charge is -2.11. The second kappa shape index (κ2) is 27.1. The monoisotopic (exact) mass is 1720 g/mol. The lowest BCUT2D eigenvalue weighted by Crippen LogP contribution is -1.98. The normalized spacial score (nSPS) is 12.4. The van der Waals surface area contributed by atoms with Gasteiger partial charge in [-0.3, -0.25) is 14.1 Å². The third kappa shape index (κ3) is 9.68. The Labute approximate surface area is 767 Å². The van der Waals surface area contributed by atoms with Crippen molar-refractivity contribution in [2.24, 2.45) is 0 Å². The molecular weight excluding hydrogens is 1650 g/mol. The number of aromatic nitrogens is 12. The van der Waals surface area contributed by atoms with E-state index in [0.717, 1.165) is 72.7 Å². The van der Waals surface area contributed by atoms with E-state index in [1.165, 1.54) is 207 Å². The van der Waals surface area contributed by atoms with Crippen LogP contribution in [0.25, 0.3) is 280 Å². The lowest BCUT2D eigenvalue weighted by atomic mass is 10.0. The van der Waals surface area contributed by atoms with E-state index in [1.807, 2.05) is 24.7 Å². The highest BCUT2D eigenvalue weighted by Crippen LogP contribution is 2.53. The van der Waals surface area contributed by atoms with E-state index >= 15 is 0 Å². The molecule has 15 heterocycles. The average Bonchev–Trinajstić information content (AvgIpc) is 1.52. The van der Waals surface area contributed by atoms with Crippen molar-refractivity contribution >= 4 is 245 Å². The van der Waals surface area contributed by atoms with Crippen LogP contribution in [0.4, 0.5) is 0 Å². The summed E-state index contributed by atoms with van der Waals surface area (Å²) in [6.07, 6.45) is 7.82. The van der Waals surface area contributed by atoms with Crippen molar-refractivity contribution in [3.05, 3.63) is 437 Å². The number of para-hydroxylation sites is 13. The molecule has 0 aliphatic rings. The Morgan fingerprint density at radius 2 is 0.422 bits per heavy atom. The van der Waals surface area contributed by atoms with Gasteiger partial charge in [0, 0.05) is 170 Å². The van der Waals surface area contributed by atoms with Crippen molar-refractivity contribution in [2.45, 2.75) is 0 Å². The largest absolute Gasteiger partial charge is 0.309 e. The number of benzene rings is 18. The summed E-state index contributed by atoms with van der Waals surface area (Å²) in [4.78, 5) is 14.6. The van der Waals surface area contributed by atoms with Gasteiger partial charge in [0.2, 0.25) is 0 Å². The fourth-order valence-electron chi connectivity index (χ4n) is 24.1. The fraction of sp³-hybridized carbons (Fsp3) is 0. The maximum atomic E-state index is 5.21. The number of nitrogens with zero attached hydrogens (tertiary/aromatic N) is 12. The second-order valence-electron chi connectivity index (χ2n) is 36.1. The van der Waals surface area contributed by atoms with E-state index in [4.69, 9.17) is 9.97 Å². The Bertz CT molecular complexity index is 9900. The minimum atomic E-state index is 0.962. The third-order valence-corrected chi connectivity index (χ3v) is 29.4. The molecule has 0 fully saturated rings. The van der Waals surface area contributed by atoms with Gasteiger partial charge in [0.25, 0.3) is 0 Å². The third-order valence-electron chi connectivity index (χ3n) is 29.4. The van der Waals surface area contributed by atoms with Crippen LogP contribution >= 0.6 is 0 Å². The van der Waals surface area contributed by atoms with Gasteiger partial charge < -0.3 is 31.5 Å². The molecule has 0 aliphatic carbocycles. The average molecular weight is 1720 g/mol. The first-order valence-electron chi connectivity index (χ1n) is 46.2. The van der Waals surface area contributed by atoms with Crippen molar-refractivity contribution in [1.29, 1.82) is 0 Å². The quantitative estimate of drug-likeness (QED) is 0.166. The first-order valence-corrected chi connectivity index (χ1v) is 46.2. The molecule has 0 N–H and O–H groups in total. The second-order valence-corrected chi connectivity index (χ2v) is 36.1. The smallest absolute Gasteiger partial charge is 0.145 e. The van der Waals surface area contributed by atoms with Crippen LogP contribution in [0.5, 0.6) is 0 Å². The van der Waals surface area contributed by atoms with Crippen LogP contribution in [-0.2, 0) is 0 Å². The molecule has 12 nitrogen and oxygen atoms in total. The van der Waals surface area contributed by atoms with Crippen molar-refractivity contribution in [3.63, 3.8) is 0 Å². The van der Waals surface area contributed by atoms with Crippen molar-refractivity contribution in [2.75, 3.05) is 0 Å². The topological polar surface area (TPSA) is 81.5 Å². The molecule has 0 atom stereocenters. The number of rotatable bonds is 6. The molecule has 0 saturated heterocycles. The van der Waals surface area contributed by atoms with Gasteiger partial charge in [0.1, 0.15) is 11.3 Å². The Kier molecular flexibility index (Phi) is 14.6. The predicted molar refractivity (Wildman–Crippen MR) is 563 cm³/mol. The molecule has 0 spiro atoms. The number of fused-ring (bicyclic) bond motifs is 39. The SMILES string of the molecule is c1ccc(-n2c3ccc(-n4c5ccccc5c5cc6c7ccccc7n7c8ccccc8c(c54)c67)cc3c3cccnc32)cc1.c1ccc(-n2c3ccc(-n4c5ccccc5c5cc6c7ccccc7n7c8ccccc8c(c54)c67)cc3c3ccncc32)cc1.c1ccc(-n2c3ccccc3c3cc(-n4c5ccccc5c5cc6c7ccccc7n7c8ccccc8c(c54)c67)cnc32)cc1. The molecule has 18 aromatic carbocycles. The molecular formula is C123H72N12. The number of hydrogen-bond donors (Lipinski definition) is 0. The first-order chi connectivity index (χ1) is 67.1. The maximum Gasteiger partial charge on any atom is 0.145 e. The molecule has 0 amide bonds. The number of hydrogen-bond acceptors (Lipinski definition) is 3. The van der Waals surface area contributed by atoms with E-state index in [0.29, 0.717) is 0 Å². The maximum absolute atomic E-state index is 5.21. The fourth-order valence-corrected chi connectivity index (χ4v) is 24.1. The van der Waals surface area contributed by atoms with Crippen LogP contribution in [0.15, 0.2) is 437 Å². The molecule has 12 heteroatoms. The standard InChI is InChI=1S/3C41H24N4/c1-2-12-25(13-3-1)44-35-19-9-6-16-29(35)33-22-26(24-42-41(33)44)43-34-18-8-4-14-27(34)31-23-32-28-15-5-10-20-36(28)45-37-21-11-7-17-30(37)38(39(31)43)40(32)45;1-2-11-25(12-3-1)44-37-21-20-26(23-31(37)29-16-10-22-42-41(29)44)43-34-17-7-4-13-27(34)32-24-33-28-14-5-8-18-35(28)45-36-19-9-6-15-30(36)38(39(32)43)40(33)45;1-2-10-25(11-3-1)43-37-19-18-26(22-31(37)29-20-21-42-24-38(29)43)44-34-15-7-4-12-27(34)32-23-33-28-13-5-8-16-35(28)45-36-17-9-6-14-30(36)39(40(32)44)41(33)45/h3*1-24H. The number of pyridine rings is 3. The Morgan fingerprint density at radius 3 is 0.837 bits per heavy atom. The molecule has 0 aliphatic heterocycles. The molecule has 0 bridgehead atoms. The van der Waals surface area contributed by atoms with E-state index in [1.54, 1.807) is 0 Å². The summed E-state index contributed by atoms with van der Waals surface area (Å²) >= 11 is 0. The molecule has 0 radical (unpaired) electrons. The zero-order valence-electron chi connectivity index (χ0n) is 72.4. The zero-order valence-corrected chi connectivity index (χ0v) is 72.4.